The minimum absolute atomic E-state index is 0.0347. The Bertz CT molecular complexity index is 3880. The predicted octanol–water partition coefficient (Wildman–Crippen LogP) is 1.50. The van der Waals surface area contributed by atoms with Crippen molar-refractivity contribution in [3.63, 3.8) is 0 Å². The molecule has 32 nitrogen and oxygen atoms in total. The van der Waals surface area contributed by atoms with Gasteiger partial charge in [0.25, 0.3) is 5.56 Å². The van der Waals surface area contributed by atoms with Crippen molar-refractivity contribution in [2.45, 2.75) is 51.0 Å². The number of unbranched alkanes of at least 4 members (excludes halogenated alkanes) is 2. The zero-order valence-electron chi connectivity index (χ0n) is 45.2. The van der Waals surface area contributed by atoms with Crippen LogP contribution in [0.15, 0.2) is 81.4 Å². The first kappa shape index (κ1) is 73.7. The summed E-state index contributed by atoms with van der Waals surface area (Å²) in [6.07, 6.45) is -0.148. The number of urea groups is 1. The van der Waals surface area contributed by atoms with Crippen molar-refractivity contribution in [2.75, 3.05) is 62.0 Å². The van der Waals surface area contributed by atoms with Gasteiger partial charge >= 0.3 is 62.4 Å². The Morgan fingerprint density at radius 2 is 1.63 bits per heavy atom. The number of nitrogens with two attached hydrogens (primary N) is 2. The molecule has 2 aromatic carbocycles. The molecule has 1 aliphatic carbocycles. The third-order valence-electron chi connectivity index (χ3n) is 11.2. The number of rotatable bonds is 29. The highest BCUT2D eigenvalue weighted by Gasteiger charge is 2.44. The number of ether oxygens (including phenoxy) is 3. The van der Waals surface area contributed by atoms with Gasteiger partial charge in [0.05, 0.1) is 36.8 Å². The second-order valence-corrected chi connectivity index (χ2v) is 28.2. The van der Waals surface area contributed by atoms with Crippen LogP contribution in [0.2, 0.25) is 0 Å². The number of benzene rings is 3. The maximum Gasteiger partial charge on any atom is 0.490 e. The van der Waals surface area contributed by atoms with Crippen LogP contribution in [0.25, 0.3) is 39.1 Å². The topological polar surface area (TPSA) is 500 Å². The van der Waals surface area contributed by atoms with Crippen molar-refractivity contribution >= 4 is 121 Å². The molecule has 6 rings (SSSR count). The molecular weight excluding hydrogens is 1340 g/mol. The smallest absolute Gasteiger partial charge is 0.478 e. The highest BCUT2D eigenvalue weighted by Crippen LogP contribution is 2.66. The van der Waals surface area contributed by atoms with E-state index in [1.54, 1.807) is 64.1 Å². The zero-order chi connectivity index (χ0) is 64.6. The lowest BCUT2D eigenvalue weighted by atomic mass is 9.89. The number of anilines is 1. The van der Waals surface area contributed by atoms with Crippen LogP contribution in [0.1, 0.15) is 60.3 Å². The molecule has 4 unspecified atom stereocenters. The molecule has 87 heavy (non-hydrogen) atoms. The Hall–Kier alpha value is -5.75. The number of phosphoric ester groups is 1. The molecule has 0 saturated carbocycles. The summed E-state index contributed by atoms with van der Waals surface area (Å²) in [5.41, 5.74) is 8.40. The number of hydrogen-bond acceptors (Lipinski definition) is 25. The van der Waals surface area contributed by atoms with E-state index in [4.69, 9.17) is 80.5 Å². The molecule has 2 amide bonds. The van der Waals surface area contributed by atoms with E-state index in [2.05, 4.69) is 48.0 Å². The number of fused-ring (bicyclic) bond motifs is 2. The van der Waals surface area contributed by atoms with E-state index >= 15 is 0 Å². The fraction of sp³-hybridized carbons (Fsp3) is 0.370. The molecule has 2 aliphatic heterocycles. The van der Waals surface area contributed by atoms with E-state index in [0.29, 0.717) is 93.5 Å². The highest BCUT2D eigenvalue weighted by molar-refractivity contribution is 8.76. The fourth-order valence-corrected chi connectivity index (χ4v) is 12.9. The molecule has 0 spiro atoms. The van der Waals surface area contributed by atoms with E-state index in [-0.39, 0.29) is 30.0 Å². The van der Waals surface area contributed by atoms with Crippen LogP contribution in [0.4, 0.5) is 10.5 Å². The van der Waals surface area contributed by atoms with E-state index < -0.39 is 102 Å². The van der Waals surface area contributed by atoms with Crippen LogP contribution in [-0.4, -0.2) is 140 Å². The Balaban J connectivity index is 0.00000190. The first-order valence-corrected chi connectivity index (χ1v) is 36.2. The quantitative estimate of drug-likeness (QED) is 0.00614. The monoisotopic (exact) mass is 1390 g/mol. The van der Waals surface area contributed by atoms with Gasteiger partial charge in [0.2, 0.25) is 0 Å². The molecule has 476 valence electrons. The van der Waals surface area contributed by atoms with Gasteiger partial charge in [-0.25, -0.2) is 28.1 Å². The molecule has 1 fully saturated rings. The first-order valence-electron chi connectivity index (χ1n) is 24.7. The van der Waals surface area contributed by atoms with Gasteiger partial charge in [0, 0.05) is 78.1 Å². The summed E-state index contributed by atoms with van der Waals surface area (Å²) in [4.78, 5) is 89.5. The van der Waals surface area contributed by atoms with Crippen molar-refractivity contribution < 1.29 is 110 Å². The number of aromatic carboxylic acids is 1. The summed E-state index contributed by atoms with van der Waals surface area (Å²) in [5, 5.41) is 26.1. The molecule has 1 aromatic heterocycles. The van der Waals surface area contributed by atoms with Gasteiger partial charge in [-0.2, -0.15) is 8.62 Å². The molecule has 1 saturated heterocycles. The second-order valence-electron chi connectivity index (χ2n) is 17.3. The number of nitrogen functional groups attached to an aromatic ring is 1. The number of nitrogens with one attached hydrogen (secondary N) is 4. The first-order chi connectivity index (χ1) is 40.9. The van der Waals surface area contributed by atoms with Gasteiger partial charge in [-0.3, -0.25) is 24.3 Å². The minimum atomic E-state index is -5.80. The van der Waals surface area contributed by atoms with Gasteiger partial charge in [-0.15, -0.1) is 25.3 Å². The molecule has 0 bridgehead atoms. The highest BCUT2D eigenvalue weighted by atomic mass is 33.1. The number of carbonyl (C=O) groups is 2. The van der Waals surface area contributed by atoms with Crippen LogP contribution in [0, 0.1) is 11.8 Å². The van der Waals surface area contributed by atoms with Gasteiger partial charge in [-0.05, 0) is 77.7 Å². The number of hydrogen-bond donors (Lipinski definition) is 11. The number of aromatic amines is 1. The van der Waals surface area contributed by atoms with Crippen molar-refractivity contribution in [3.8, 4) is 34.3 Å². The number of carboxylic acid groups (broad SMARTS) is 1. The van der Waals surface area contributed by atoms with Gasteiger partial charge in [0.1, 0.15) is 35.2 Å². The Morgan fingerprint density at radius 3 is 2.31 bits per heavy atom. The lowest BCUT2D eigenvalue weighted by molar-refractivity contribution is -0.172. The predicted molar refractivity (Wildman–Crippen MR) is 319 cm³/mol. The Kier molecular flexibility index (Phi) is 30.0. The zero-order valence-corrected chi connectivity index (χ0v) is 52.8. The normalized spacial score (nSPS) is 16.3. The number of amides is 2. The Labute approximate surface area is 511 Å². The standard InChI is InChI=1S/C46H56N7O19P3S4.2O3S/c1-3-79(76)27-67-39-23-41(70-40(39)25-68-74(62,63)72-75(64,65)71-73(59,60)61)53-24-30(43(54)52-46(53)58)8-7-16-51-45(57)50-15-5-4-6-18-66-26-78-77-19-17-49-28(2)29-9-12-33(44(55)56)36(20-29)42-34-13-10-31(47)21-37(34)69-38-22-32(48)11-14-35(38)42;2*1-4(2)3/h9-14,20-22,24,39-41,47,49H,2-6,15-19,23,25-27,48H2,1H3,(H,55,56)(H,62,63)(H,64,65)(H2,50,51,57)(H,52,54,58)(H2,59,60,61);;/p+1/t39?,40-,41-,79?;;/m1../s1. The minimum Gasteiger partial charge on any atom is -0.478 e. The third kappa shape index (κ3) is 26.1. The van der Waals surface area contributed by atoms with Crippen molar-refractivity contribution in [3.05, 3.63) is 110 Å². The number of phosphoric acid groups is 3. The van der Waals surface area contributed by atoms with E-state index in [1.165, 1.54) is 0 Å². The average Bonchev–Trinajstić information content (AvgIpc) is 1.13. The van der Waals surface area contributed by atoms with Crippen molar-refractivity contribution in [1.82, 2.24) is 25.5 Å². The number of carbonyl (C=O) groups excluding carboxylic acids is 1. The SMILES string of the molecule is C=C(NCCSSCOCCCCCNC(=O)NCC#Cc1cn([C@H]2CC(OCS(=S)CC)[C@@H](COP(=O)(O)OP(=O)(O)OP(=O)(O)O)O2)c(=O)[nH]c1=O)c1ccc(C(=O)O)c(-c2c3ccc(=[NH2+])cc-3oc3cc(N)ccc23)c1.O=S(=O)=O.O=S(=O)=O. The number of carboxylic acids is 1. The van der Waals surface area contributed by atoms with Crippen molar-refractivity contribution in [1.29, 1.82) is 0 Å². The van der Waals surface area contributed by atoms with Crippen LogP contribution < -0.4 is 43.7 Å². The molecule has 6 atom stereocenters. The fourth-order valence-electron chi connectivity index (χ4n) is 7.61. The number of nitrogens with zero attached hydrogens (tertiary/aromatic N) is 1. The summed E-state index contributed by atoms with van der Waals surface area (Å²) < 4.78 is 123. The summed E-state index contributed by atoms with van der Waals surface area (Å²) in [6, 6.07) is 15.1. The van der Waals surface area contributed by atoms with Crippen LogP contribution >= 0.6 is 45.1 Å². The Morgan fingerprint density at radius 1 is 0.920 bits per heavy atom. The molecule has 3 aromatic rings. The van der Waals surface area contributed by atoms with E-state index in [9.17, 15) is 47.8 Å². The summed E-state index contributed by atoms with van der Waals surface area (Å²) in [5.74, 6) is 6.42. The lowest BCUT2D eigenvalue weighted by Crippen LogP contribution is -2.44. The van der Waals surface area contributed by atoms with E-state index in [1.807, 2.05) is 19.1 Å². The maximum atomic E-state index is 12.9. The number of aromatic nitrogens is 2. The molecular formula is C46H57N7O25P3S6+. The van der Waals surface area contributed by atoms with Gasteiger partial charge in [0.15, 0.2) is 5.36 Å². The van der Waals surface area contributed by atoms with Gasteiger partial charge < -0.3 is 65.0 Å². The number of H-pyrrole nitrogens is 1. The molecule has 3 heterocycles. The molecule has 13 N–H and O–H groups in total. The van der Waals surface area contributed by atoms with Crippen LogP contribution in [0.3, 0.4) is 0 Å². The largest absolute Gasteiger partial charge is 0.490 e. The van der Waals surface area contributed by atoms with Crippen LogP contribution in [0.5, 0.6) is 0 Å². The van der Waals surface area contributed by atoms with E-state index in [0.717, 1.165) is 29.4 Å². The lowest BCUT2D eigenvalue weighted by Gasteiger charge is -2.21. The molecule has 41 heteroatoms. The molecule has 3 aliphatic rings. The molecule has 0 radical (unpaired) electrons. The second kappa shape index (κ2) is 35.4. The summed E-state index contributed by atoms with van der Waals surface area (Å²) in [7, 11) is -20.6. The average molecular weight is 1390 g/mol. The summed E-state index contributed by atoms with van der Waals surface area (Å²) in [6.45, 7) is 6.48. The van der Waals surface area contributed by atoms with Crippen molar-refractivity contribution in [2.24, 2.45) is 0 Å². The summed E-state index contributed by atoms with van der Waals surface area (Å²) >= 11 is 5.31. The maximum absolute atomic E-state index is 12.9. The van der Waals surface area contributed by atoms with Gasteiger partial charge in [-0.1, -0.05) is 62.5 Å². The third-order valence-corrected chi connectivity index (χ3v) is 19.1. The van der Waals surface area contributed by atoms with Crippen LogP contribution in [-0.2, 0) is 82.9 Å².